The van der Waals surface area contributed by atoms with Crippen LogP contribution in [0.15, 0.2) is 10.3 Å². The molecule has 1 saturated carbocycles. The Hall–Kier alpha value is -0.140. The fourth-order valence-electron chi connectivity index (χ4n) is 3.51. The molecule has 1 N–H and O–H groups in total. The van der Waals surface area contributed by atoms with E-state index in [4.69, 9.17) is 11.6 Å². The summed E-state index contributed by atoms with van der Waals surface area (Å²) in [6.45, 7) is 3.90. The van der Waals surface area contributed by atoms with E-state index < -0.39 is 10.0 Å². The van der Waals surface area contributed by atoms with Crippen molar-refractivity contribution in [2.45, 2.75) is 48.8 Å². The second-order valence-electron chi connectivity index (χ2n) is 6.06. The van der Waals surface area contributed by atoms with Crippen LogP contribution in [-0.2, 0) is 10.0 Å². The van der Waals surface area contributed by atoms with Gasteiger partial charge in [-0.15, -0.1) is 11.3 Å². The number of thiophene rings is 1. The molecule has 118 valence electrons. The minimum atomic E-state index is -3.44. The standard InChI is InChI=1S/C14H21ClN2O2S2/c1-11-9-12(20-13(11)15)21(18,19)17-8-7-16-10-14(17)5-3-2-4-6-14/h9,16H,2-8,10H2,1H3. The first-order chi connectivity index (χ1) is 9.96. The lowest BCUT2D eigenvalue weighted by Gasteiger charge is -2.48. The fraction of sp³-hybridized carbons (Fsp3) is 0.714. The van der Waals surface area contributed by atoms with Crippen LogP contribution < -0.4 is 5.32 Å². The lowest BCUT2D eigenvalue weighted by Crippen LogP contribution is -2.63. The minimum Gasteiger partial charge on any atom is -0.314 e. The molecule has 2 aliphatic rings. The highest BCUT2D eigenvalue weighted by atomic mass is 35.5. The molecule has 0 bridgehead atoms. The summed E-state index contributed by atoms with van der Waals surface area (Å²) in [6, 6.07) is 1.71. The van der Waals surface area contributed by atoms with Crippen molar-refractivity contribution in [2.75, 3.05) is 19.6 Å². The summed E-state index contributed by atoms with van der Waals surface area (Å²) in [7, 11) is -3.44. The Labute approximate surface area is 135 Å². The maximum absolute atomic E-state index is 13.1. The Balaban J connectivity index is 1.99. The van der Waals surface area contributed by atoms with Crippen molar-refractivity contribution >= 4 is 33.0 Å². The van der Waals surface area contributed by atoms with E-state index in [2.05, 4.69) is 5.32 Å². The van der Waals surface area contributed by atoms with Crippen LogP contribution in [0.4, 0.5) is 0 Å². The van der Waals surface area contributed by atoms with Gasteiger partial charge in [-0.3, -0.25) is 0 Å². The quantitative estimate of drug-likeness (QED) is 0.893. The van der Waals surface area contributed by atoms with E-state index in [0.717, 1.165) is 44.3 Å². The largest absolute Gasteiger partial charge is 0.314 e. The van der Waals surface area contributed by atoms with Gasteiger partial charge in [-0.25, -0.2) is 8.42 Å². The van der Waals surface area contributed by atoms with Crippen molar-refractivity contribution < 1.29 is 8.42 Å². The molecular weight excluding hydrogens is 328 g/mol. The molecule has 1 aromatic rings. The zero-order chi connectivity index (χ0) is 15.1. The Morgan fingerprint density at radius 3 is 2.67 bits per heavy atom. The van der Waals surface area contributed by atoms with Gasteiger partial charge in [-0.1, -0.05) is 30.9 Å². The number of aryl methyl sites for hydroxylation is 1. The number of nitrogens with one attached hydrogen (secondary N) is 1. The van der Waals surface area contributed by atoms with Crippen molar-refractivity contribution in [3.05, 3.63) is 16.0 Å². The Bertz CT molecular complexity index is 593. The number of piperazine rings is 1. The number of halogens is 1. The molecule has 2 fully saturated rings. The normalized spacial score (nSPS) is 23.5. The van der Waals surface area contributed by atoms with Crippen LogP contribution in [-0.4, -0.2) is 37.9 Å². The molecule has 0 radical (unpaired) electrons. The molecule has 1 aliphatic heterocycles. The lowest BCUT2D eigenvalue weighted by molar-refractivity contribution is 0.101. The van der Waals surface area contributed by atoms with Crippen molar-refractivity contribution in [1.82, 2.24) is 9.62 Å². The molecule has 0 aromatic carbocycles. The number of sulfonamides is 1. The van der Waals surface area contributed by atoms with Crippen LogP contribution in [0.5, 0.6) is 0 Å². The van der Waals surface area contributed by atoms with E-state index in [1.807, 2.05) is 6.92 Å². The second kappa shape index (κ2) is 5.81. The van der Waals surface area contributed by atoms with Crippen LogP contribution in [0.25, 0.3) is 0 Å². The zero-order valence-electron chi connectivity index (χ0n) is 12.2. The maximum atomic E-state index is 13.1. The number of nitrogens with zero attached hydrogens (tertiary/aromatic N) is 1. The average Bonchev–Trinajstić information content (AvgIpc) is 2.81. The molecule has 0 atom stereocenters. The first-order valence-corrected chi connectivity index (χ1v) is 10.1. The van der Waals surface area contributed by atoms with Gasteiger partial charge < -0.3 is 5.32 Å². The minimum absolute atomic E-state index is 0.236. The van der Waals surface area contributed by atoms with Gasteiger partial charge in [0.25, 0.3) is 10.0 Å². The van der Waals surface area contributed by atoms with Gasteiger partial charge in [-0.05, 0) is 31.4 Å². The molecule has 1 aliphatic carbocycles. The first kappa shape index (κ1) is 15.7. The van der Waals surface area contributed by atoms with Gasteiger partial charge in [0.15, 0.2) is 0 Å². The Morgan fingerprint density at radius 2 is 2.05 bits per heavy atom. The van der Waals surface area contributed by atoms with Gasteiger partial charge in [0.1, 0.15) is 4.21 Å². The van der Waals surface area contributed by atoms with Crippen molar-refractivity contribution in [2.24, 2.45) is 0 Å². The molecular formula is C14H21ClN2O2S2. The summed E-state index contributed by atoms with van der Waals surface area (Å²) >= 11 is 7.25. The summed E-state index contributed by atoms with van der Waals surface area (Å²) in [6.07, 6.45) is 5.34. The molecule has 4 nitrogen and oxygen atoms in total. The van der Waals surface area contributed by atoms with Crippen molar-refractivity contribution in [3.63, 3.8) is 0 Å². The first-order valence-electron chi connectivity index (χ1n) is 7.45. The molecule has 0 amide bonds. The van der Waals surface area contributed by atoms with Crippen LogP contribution in [0.3, 0.4) is 0 Å². The Kier molecular flexibility index (Phi) is 4.36. The van der Waals surface area contributed by atoms with Gasteiger partial charge >= 0.3 is 0 Å². The van der Waals surface area contributed by atoms with Crippen LogP contribution in [0.2, 0.25) is 4.34 Å². The summed E-state index contributed by atoms with van der Waals surface area (Å²) in [5.74, 6) is 0. The van der Waals surface area contributed by atoms with Gasteiger partial charge in [0, 0.05) is 25.2 Å². The molecule has 0 unspecified atom stereocenters. The van der Waals surface area contributed by atoms with E-state index in [0.29, 0.717) is 15.1 Å². The van der Waals surface area contributed by atoms with E-state index in [9.17, 15) is 8.42 Å². The van der Waals surface area contributed by atoms with Crippen LogP contribution in [0, 0.1) is 6.92 Å². The third kappa shape index (κ3) is 2.77. The van der Waals surface area contributed by atoms with Crippen LogP contribution >= 0.6 is 22.9 Å². The van der Waals surface area contributed by atoms with E-state index >= 15 is 0 Å². The molecule has 3 rings (SSSR count). The summed E-state index contributed by atoms with van der Waals surface area (Å²) in [5.41, 5.74) is 0.604. The highest BCUT2D eigenvalue weighted by Crippen LogP contribution is 2.40. The smallest absolute Gasteiger partial charge is 0.253 e. The number of hydrogen-bond donors (Lipinski definition) is 1. The Morgan fingerprint density at radius 1 is 1.33 bits per heavy atom. The molecule has 7 heteroatoms. The molecule has 2 heterocycles. The van der Waals surface area contributed by atoms with Crippen LogP contribution in [0.1, 0.15) is 37.7 Å². The van der Waals surface area contributed by atoms with Crippen molar-refractivity contribution in [3.8, 4) is 0 Å². The molecule has 1 spiro atoms. The highest BCUT2D eigenvalue weighted by Gasteiger charge is 2.46. The predicted molar refractivity (Wildman–Crippen MR) is 86.6 cm³/mol. The lowest BCUT2D eigenvalue weighted by atomic mass is 9.80. The topological polar surface area (TPSA) is 49.4 Å². The molecule has 1 aromatic heterocycles. The maximum Gasteiger partial charge on any atom is 0.253 e. The predicted octanol–water partition coefficient (Wildman–Crippen LogP) is 3.01. The van der Waals surface area contributed by atoms with Gasteiger partial charge in [0.2, 0.25) is 0 Å². The van der Waals surface area contributed by atoms with Gasteiger partial charge in [0.05, 0.1) is 4.34 Å². The average molecular weight is 349 g/mol. The number of hydrogen-bond acceptors (Lipinski definition) is 4. The fourth-order valence-corrected chi connectivity index (χ4v) is 7.15. The molecule has 1 saturated heterocycles. The molecule has 21 heavy (non-hydrogen) atoms. The SMILES string of the molecule is Cc1cc(S(=O)(=O)N2CCNCC23CCCCC3)sc1Cl. The third-order valence-electron chi connectivity index (χ3n) is 4.64. The monoisotopic (exact) mass is 348 g/mol. The summed E-state index contributed by atoms with van der Waals surface area (Å²) in [4.78, 5) is 0. The van der Waals surface area contributed by atoms with E-state index in [1.54, 1.807) is 10.4 Å². The third-order valence-corrected chi connectivity index (χ3v) is 8.65. The van der Waals surface area contributed by atoms with Gasteiger partial charge in [-0.2, -0.15) is 4.31 Å². The highest BCUT2D eigenvalue weighted by molar-refractivity contribution is 7.91. The van der Waals surface area contributed by atoms with E-state index in [-0.39, 0.29) is 5.54 Å². The second-order valence-corrected chi connectivity index (χ2v) is 9.80. The summed E-state index contributed by atoms with van der Waals surface area (Å²) < 4.78 is 28.9. The van der Waals surface area contributed by atoms with E-state index in [1.165, 1.54) is 17.8 Å². The zero-order valence-corrected chi connectivity index (χ0v) is 14.6. The summed E-state index contributed by atoms with van der Waals surface area (Å²) in [5, 5.41) is 3.39. The van der Waals surface area contributed by atoms with Crippen molar-refractivity contribution in [1.29, 1.82) is 0 Å². The number of rotatable bonds is 2.